The fourth-order valence-corrected chi connectivity index (χ4v) is 3.25. The summed E-state index contributed by atoms with van der Waals surface area (Å²) in [6.45, 7) is 0.280. The van der Waals surface area contributed by atoms with Crippen molar-refractivity contribution < 1.29 is 13.2 Å². The molecule has 0 aliphatic carbocycles. The van der Waals surface area contributed by atoms with Crippen LogP contribution in [-0.2, 0) is 21.3 Å². The van der Waals surface area contributed by atoms with Crippen molar-refractivity contribution in [3.63, 3.8) is 0 Å². The molecule has 2 heterocycles. The Bertz CT molecular complexity index is 1070. The van der Waals surface area contributed by atoms with Crippen LogP contribution >= 0.6 is 0 Å². The van der Waals surface area contributed by atoms with Gasteiger partial charge in [0.15, 0.2) is 11.5 Å². The average Bonchev–Trinajstić information content (AvgIpc) is 2.90. The molecule has 11 heteroatoms. The fraction of sp³-hybridized carbons (Fsp3) is 0.267. The second kappa shape index (κ2) is 7.14. The second-order valence-corrected chi connectivity index (χ2v) is 7.39. The maximum absolute atomic E-state index is 12.3. The van der Waals surface area contributed by atoms with Crippen LogP contribution in [0.15, 0.2) is 35.1 Å². The largest absolute Gasteiger partial charge is 0.384 e. The molecule has 1 aromatic carbocycles. The van der Waals surface area contributed by atoms with Gasteiger partial charge in [0.05, 0.1) is 18.9 Å². The molecule has 0 fully saturated rings. The summed E-state index contributed by atoms with van der Waals surface area (Å²) in [5, 5.41) is 0. The molecule has 0 unspecified atom stereocenters. The summed E-state index contributed by atoms with van der Waals surface area (Å²) in [5.41, 5.74) is 6.80. The van der Waals surface area contributed by atoms with Crippen molar-refractivity contribution in [3.05, 3.63) is 46.4 Å². The van der Waals surface area contributed by atoms with Crippen molar-refractivity contribution in [1.29, 1.82) is 0 Å². The molecular formula is C15H18N6O4S. The lowest BCUT2D eigenvalue weighted by atomic mass is 10.2. The van der Waals surface area contributed by atoms with Crippen LogP contribution in [-0.4, -0.2) is 47.4 Å². The van der Waals surface area contributed by atoms with Crippen molar-refractivity contribution in [1.82, 2.24) is 19.5 Å². The Morgan fingerprint density at radius 1 is 1.27 bits per heavy atom. The first-order chi connectivity index (χ1) is 12.4. The normalized spacial score (nSPS) is 11.7. The molecule has 0 aliphatic heterocycles. The topological polar surface area (TPSA) is 145 Å². The van der Waals surface area contributed by atoms with E-state index in [0.717, 1.165) is 5.56 Å². The SMILES string of the molecule is COCCS(=O)(=O)Nc1nc(N)c2[nH]c(=O)n(Cc3ccccc3)c2n1. The van der Waals surface area contributed by atoms with Crippen LogP contribution < -0.4 is 16.1 Å². The van der Waals surface area contributed by atoms with Gasteiger partial charge < -0.3 is 15.5 Å². The van der Waals surface area contributed by atoms with Crippen LogP contribution in [0.5, 0.6) is 0 Å². The lowest BCUT2D eigenvalue weighted by Crippen LogP contribution is -2.22. The molecule has 3 aromatic rings. The van der Waals surface area contributed by atoms with Gasteiger partial charge in [-0.05, 0) is 5.56 Å². The molecule has 0 spiro atoms. The number of H-pyrrole nitrogens is 1. The Balaban J connectivity index is 2.01. The molecule has 2 aromatic heterocycles. The zero-order valence-corrected chi connectivity index (χ0v) is 14.8. The van der Waals surface area contributed by atoms with E-state index in [-0.39, 0.29) is 41.8 Å². The number of anilines is 2. The van der Waals surface area contributed by atoms with Gasteiger partial charge in [-0.25, -0.2) is 13.2 Å². The van der Waals surface area contributed by atoms with Crippen molar-refractivity contribution in [3.8, 4) is 0 Å². The molecule has 26 heavy (non-hydrogen) atoms. The van der Waals surface area contributed by atoms with Crippen molar-refractivity contribution in [2.75, 3.05) is 29.9 Å². The van der Waals surface area contributed by atoms with Gasteiger partial charge in [-0.1, -0.05) is 30.3 Å². The smallest absolute Gasteiger partial charge is 0.328 e. The van der Waals surface area contributed by atoms with Gasteiger partial charge in [0.2, 0.25) is 16.0 Å². The molecule has 10 nitrogen and oxygen atoms in total. The first-order valence-electron chi connectivity index (χ1n) is 7.69. The third-order valence-corrected chi connectivity index (χ3v) is 4.83. The van der Waals surface area contributed by atoms with Gasteiger partial charge in [0.1, 0.15) is 5.52 Å². The number of aromatic amines is 1. The van der Waals surface area contributed by atoms with Crippen LogP contribution in [0.1, 0.15) is 5.56 Å². The van der Waals surface area contributed by atoms with E-state index in [1.807, 2.05) is 30.3 Å². The van der Waals surface area contributed by atoms with E-state index < -0.39 is 15.7 Å². The molecule has 138 valence electrons. The first-order valence-corrected chi connectivity index (χ1v) is 9.34. The number of rotatable bonds is 7. The maximum atomic E-state index is 12.3. The van der Waals surface area contributed by atoms with E-state index >= 15 is 0 Å². The molecule has 0 bridgehead atoms. The number of aromatic nitrogens is 4. The van der Waals surface area contributed by atoms with E-state index in [1.165, 1.54) is 11.7 Å². The van der Waals surface area contributed by atoms with Crippen LogP contribution in [0, 0.1) is 0 Å². The zero-order chi connectivity index (χ0) is 18.7. The van der Waals surface area contributed by atoms with E-state index in [0.29, 0.717) is 0 Å². The highest BCUT2D eigenvalue weighted by molar-refractivity contribution is 7.92. The lowest BCUT2D eigenvalue weighted by Gasteiger charge is -2.08. The van der Waals surface area contributed by atoms with E-state index in [2.05, 4.69) is 19.7 Å². The van der Waals surface area contributed by atoms with Crippen LogP contribution in [0.25, 0.3) is 11.2 Å². The third kappa shape index (κ3) is 3.83. The number of ether oxygens (including phenoxy) is 1. The molecule has 0 amide bonds. The quantitative estimate of drug-likeness (QED) is 0.530. The van der Waals surface area contributed by atoms with E-state index in [1.54, 1.807) is 0 Å². The Morgan fingerprint density at radius 2 is 2.00 bits per heavy atom. The minimum Gasteiger partial charge on any atom is -0.384 e. The van der Waals surface area contributed by atoms with Crippen molar-refractivity contribution in [2.24, 2.45) is 0 Å². The van der Waals surface area contributed by atoms with Gasteiger partial charge in [-0.2, -0.15) is 9.97 Å². The summed E-state index contributed by atoms with van der Waals surface area (Å²) in [7, 11) is -2.30. The van der Waals surface area contributed by atoms with E-state index in [9.17, 15) is 13.2 Å². The number of imidazole rings is 1. The summed E-state index contributed by atoms with van der Waals surface area (Å²) >= 11 is 0. The van der Waals surface area contributed by atoms with Crippen molar-refractivity contribution >= 4 is 33.0 Å². The summed E-state index contributed by atoms with van der Waals surface area (Å²) < 4.78 is 32.4. The Morgan fingerprint density at radius 3 is 2.69 bits per heavy atom. The van der Waals surface area contributed by atoms with Crippen LogP contribution in [0.4, 0.5) is 11.8 Å². The predicted molar refractivity (Wildman–Crippen MR) is 97.4 cm³/mol. The fourth-order valence-electron chi connectivity index (χ4n) is 2.39. The molecule has 0 saturated heterocycles. The van der Waals surface area contributed by atoms with Gasteiger partial charge in [-0.15, -0.1) is 0 Å². The summed E-state index contributed by atoms with van der Waals surface area (Å²) in [4.78, 5) is 22.9. The number of fused-ring (bicyclic) bond motifs is 1. The van der Waals surface area contributed by atoms with Crippen molar-refractivity contribution in [2.45, 2.75) is 6.54 Å². The number of methoxy groups -OCH3 is 1. The first kappa shape index (κ1) is 17.9. The zero-order valence-electron chi connectivity index (χ0n) is 14.0. The Labute approximate surface area is 149 Å². The van der Waals surface area contributed by atoms with Crippen LogP contribution in [0.2, 0.25) is 0 Å². The monoisotopic (exact) mass is 378 g/mol. The van der Waals surface area contributed by atoms with E-state index in [4.69, 9.17) is 10.5 Å². The number of nitrogen functional groups attached to an aromatic ring is 1. The predicted octanol–water partition coefficient (Wildman–Crippen LogP) is 0.138. The standard InChI is InChI=1S/C15H18N6O4S/c1-25-7-8-26(23,24)20-14-18-12(16)11-13(19-14)21(15(22)17-11)9-10-5-3-2-4-6-10/h2-6H,7-9H2,1H3,(H,17,22)(H3,16,18,19,20). The number of nitrogens with one attached hydrogen (secondary N) is 2. The van der Waals surface area contributed by atoms with Crippen LogP contribution in [0.3, 0.4) is 0 Å². The highest BCUT2D eigenvalue weighted by atomic mass is 32.2. The number of nitrogens with zero attached hydrogens (tertiary/aromatic N) is 3. The van der Waals surface area contributed by atoms with Gasteiger partial charge in [-0.3, -0.25) is 9.29 Å². The highest BCUT2D eigenvalue weighted by Crippen LogP contribution is 2.18. The molecule has 4 N–H and O–H groups in total. The minimum atomic E-state index is -3.70. The summed E-state index contributed by atoms with van der Waals surface area (Å²) in [6, 6.07) is 9.31. The number of hydrogen-bond donors (Lipinski definition) is 3. The Hall–Kier alpha value is -2.92. The average molecular weight is 378 g/mol. The molecule has 0 atom stereocenters. The van der Waals surface area contributed by atoms with Gasteiger partial charge in [0, 0.05) is 7.11 Å². The minimum absolute atomic E-state index is 0.0237. The second-order valence-electron chi connectivity index (χ2n) is 5.55. The molecule has 3 rings (SSSR count). The number of sulfonamides is 1. The number of benzene rings is 1. The number of hydrogen-bond acceptors (Lipinski definition) is 7. The lowest BCUT2D eigenvalue weighted by molar-refractivity contribution is 0.217. The maximum Gasteiger partial charge on any atom is 0.328 e. The van der Waals surface area contributed by atoms with Gasteiger partial charge in [0.25, 0.3) is 0 Å². The number of nitrogens with two attached hydrogens (primary N) is 1. The third-order valence-electron chi connectivity index (χ3n) is 3.64. The van der Waals surface area contributed by atoms with Gasteiger partial charge >= 0.3 is 5.69 Å². The molecule has 0 radical (unpaired) electrons. The summed E-state index contributed by atoms with van der Waals surface area (Å²) in [5.74, 6) is -0.482. The molecular weight excluding hydrogens is 360 g/mol. The molecule has 0 aliphatic rings. The highest BCUT2D eigenvalue weighted by Gasteiger charge is 2.17. The Kier molecular flexibility index (Phi) is 4.91. The molecule has 0 saturated carbocycles. The summed E-state index contributed by atoms with van der Waals surface area (Å²) in [6.07, 6.45) is 0.